The van der Waals surface area contributed by atoms with Gasteiger partial charge in [-0.25, -0.2) is 0 Å². The quantitative estimate of drug-likeness (QED) is 0.760. The molecule has 0 unspecified atom stereocenters. The number of fused-ring (bicyclic) bond motifs is 3. The van der Waals surface area contributed by atoms with E-state index in [1.165, 1.54) is 28.7 Å². The van der Waals surface area contributed by atoms with E-state index in [1.807, 2.05) is 12.1 Å². The molecule has 4 heteroatoms. The first-order chi connectivity index (χ1) is 10.6. The van der Waals surface area contributed by atoms with E-state index >= 15 is 0 Å². The number of rotatable bonds is 1. The summed E-state index contributed by atoms with van der Waals surface area (Å²) in [5, 5.41) is 1.17. The topological polar surface area (TPSA) is 50.5 Å². The van der Waals surface area contributed by atoms with Gasteiger partial charge in [0.2, 0.25) is 11.8 Å². The summed E-state index contributed by atoms with van der Waals surface area (Å²) in [6, 6.07) is 6.14. The first-order valence-electron chi connectivity index (χ1n) is 7.97. The molecule has 0 N–H and O–H groups in total. The predicted molar refractivity (Wildman–Crippen MR) is 82.6 cm³/mol. The van der Waals surface area contributed by atoms with Crippen molar-refractivity contribution in [2.75, 3.05) is 7.05 Å². The lowest BCUT2D eigenvalue weighted by molar-refractivity contribution is -0.146. The van der Waals surface area contributed by atoms with Gasteiger partial charge in [-0.15, -0.1) is 0 Å². The van der Waals surface area contributed by atoms with Crippen LogP contribution in [0.25, 0.3) is 11.0 Å². The number of amides is 2. The van der Waals surface area contributed by atoms with E-state index in [2.05, 4.69) is 6.07 Å². The summed E-state index contributed by atoms with van der Waals surface area (Å²) in [5.41, 5.74) is 3.34. The maximum atomic E-state index is 11.9. The zero-order valence-corrected chi connectivity index (χ0v) is 12.7. The molecule has 1 aromatic heterocycles. The molecule has 4 rings (SSSR count). The zero-order chi connectivity index (χ0) is 15.3. The van der Waals surface area contributed by atoms with Gasteiger partial charge in [0.15, 0.2) is 0 Å². The number of imide groups is 1. The van der Waals surface area contributed by atoms with Gasteiger partial charge < -0.3 is 4.42 Å². The number of hydrogen-bond acceptors (Lipinski definition) is 3. The van der Waals surface area contributed by atoms with Crippen LogP contribution >= 0.6 is 0 Å². The van der Waals surface area contributed by atoms with Crippen LogP contribution in [0.2, 0.25) is 0 Å². The van der Waals surface area contributed by atoms with Crippen LogP contribution in [0.5, 0.6) is 0 Å². The molecule has 1 aromatic carbocycles. The summed E-state index contributed by atoms with van der Waals surface area (Å²) < 4.78 is 5.95. The highest BCUT2D eigenvalue weighted by atomic mass is 16.3. The highest BCUT2D eigenvalue weighted by Crippen LogP contribution is 2.36. The Morgan fingerprint density at radius 2 is 1.82 bits per heavy atom. The standard InChI is InChI=1S/C18H19NO3/c1-19-17(20)9-12(10-18(19)21)11-6-7-16-14(8-11)13-4-2-3-5-15(13)22-16/h6-8,12H,2-5,9-10H2,1H3. The van der Waals surface area contributed by atoms with E-state index in [0.717, 1.165) is 29.7 Å². The number of piperidine rings is 1. The van der Waals surface area contributed by atoms with E-state index < -0.39 is 0 Å². The Hall–Kier alpha value is -2.10. The minimum atomic E-state index is -0.0874. The smallest absolute Gasteiger partial charge is 0.229 e. The molecule has 2 aromatic rings. The third-order valence-corrected chi connectivity index (χ3v) is 5.04. The molecule has 0 spiro atoms. The molecule has 1 aliphatic carbocycles. The van der Waals surface area contributed by atoms with Crippen molar-refractivity contribution < 1.29 is 14.0 Å². The van der Waals surface area contributed by atoms with Crippen LogP contribution in [0.4, 0.5) is 0 Å². The number of likely N-dealkylation sites (tertiary alicyclic amines) is 1. The molecular weight excluding hydrogens is 278 g/mol. The monoisotopic (exact) mass is 297 g/mol. The normalized spacial score (nSPS) is 19.8. The van der Waals surface area contributed by atoms with E-state index in [4.69, 9.17) is 4.42 Å². The number of carbonyl (C=O) groups excluding carboxylic acids is 2. The molecule has 0 bridgehead atoms. The van der Waals surface area contributed by atoms with Gasteiger partial charge in [0.05, 0.1) is 0 Å². The van der Waals surface area contributed by atoms with Crippen molar-refractivity contribution in [3.05, 3.63) is 35.1 Å². The molecule has 1 saturated heterocycles. The number of hydrogen-bond donors (Lipinski definition) is 0. The third-order valence-electron chi connectivity index (χ3n) is 5.04. The molecular formula is C18H19NO3. The van der Waals surface area contributed by atoms with Crippen molar-refractivity contribution in [2.24, 2.45) is 0 Å². The van der Waals surface area contributed by atoms with Crippen LogP contribution in [0.15, 0.2) is 22.6 Å². The Kier molecular flexibility index (Phi) is 3.06. The lowest BCUT2D eigenvalue weighted by atomic mass is 9.87. The molecule has 0 atom stereocenters. The van der Waals surface area contributed by atoms with Crippen molar-refractivity contribution >= 4 is 22.8 Å². The van der Waals surface area contributed by atoms with Crippen molar-refractivity contribution in [3.8, 4) is 0 Å². The summed E-state index contributed by atoms with van der Waals surface area (Å²) in [6.07, 6.45) is 5.30. The van der Waals surface area contributed by atoms with Crippen LogP contribution in [-0.2, 0) is 22.4 Å². The summed E-state index contributed by atoms with van der Waals surface area (Å²) in [4.78, 5) is 25.1. The fourth-order valence-corrected chi connectivity index (χ4v) is 3.68. The van der Waals surface area contributed by atoms with Gasteiger partial charge in [-0.05, 0) is 37.0 Å². The van der Waals surface area contributed by atoms with Gasteiger partial charge in [-0.2, -0.15) is 0 Å². The highest BCUT2D eigenvalue weighted by Gasteiger charge is 2.31. The van der Waals surface area contributed by atoms with Crippen molar-refractivity contribution in [2.45, 2.75) is 44.4 Å². The van der Waals surface area contributed by atoms with Crippen LogP contribution in [0.3, 0.4) is 0 Å². The van der Waals surface area contributed by atoms with Crippen molar-refractivity contribution in [3.63, 3.8) is 0 Å². The summed E-state index contributed by atoms with van der Waals surface area (Å²) in [7, 11) is 1.57. The second-order valence-electron chi connectivity index (χ2n) is 6.42. The Balaban J connectivity index is 1.73. The number of benzene rings is 1. The third kappa shape index (κ3) is 2.05. The van der Waals surface area contributed by atoms with Gasteiger partial charge in [0, 0.05) is 43.2 Å². The average molecular weight is 297 g/mol. The van der Waals surface area contributed by atoms with Gasteiger partial charge >= 0.3 is 0 Å². The van der Waals surface area contributed by atoms with E-state index in [1.54, 1.807) is 7.05 Å². The molecule has 2 heterocycles. The summed E-state index contributed by atoms with van der Waals surface area (Å²) >= 11 is 0. The van der Waals surface area contributed by atoms with Crippen LogP contribution < -0.4 is 0 Å². The molecule has 2 aliphatic rings. The molecule has 22 heavy (non-hydrogen) atoms. The fraction of sp³-hybridized carbons (Fsp3) is 0.444. The average Bonchev–Trinajstić information content (AvgIpc) is 2.90. The molecule has 114 valence electrons. The number of furan rings is 1. The zero-order valence-electron chi connectivity index (χ0n) is 12.7. The maximum absolute atomic E-state index is 11.9. The van der Waals surface area contributed by atoms with Gasteiger partial charge in [-0.1, -0.05) is 6.07 Å². The molecule has 4 nitrogen and oxygen atoms in total. The first kappa shape index (κ1) is 13.6. The fourth-order valence-electron chi connectivity index (χ4n) is 3.68. The van der Waals surface area contributed by atoms with Crippen LogP contribution in [0.1, 0.15) is 48.5 Å². The lowest BCUT2D eigenvalue weighted by Gasteiger charge is -2.27. The molecule has 0 saturated carbocycles. The summed E-state index contributed by atoms with van der Waals surface area (Å²) in [6.45, 7) is 0. The van der Waals surface area contributed by atoms with Crippen LogP contribution in [-0.4, -0.2) is 23.8 Å². The second kappa shape index (κ2) is 4.97. The minimum absolute atomic E-state index is 0.00487. The Labute approximate surface area is 129 Å². The van der Waals surface area contributed by atoms with Gasteiger partial charge in [0.25, 0.3) is 0 Å². The molecule has 1 fully saturated rings. The Morgan fingerprint density at radius 1 is 1.09 bits per heavy atom. The van der Waals surface area contributed by atoms with E-state index in [9.17, 15) is 9.59 Å². The summed E-state index contributed by atoms with van der Waals surface area (Å²) in [5.74, 6) is 0.940. The van der Waals surface area contributed by atoms with E-state index in [0.29, 0.717) is 12.8 Å². The number of carbonyl (C=O) groups is 2. The largest absolute Gasteiger partial charge is 0.461 e. The number of nitrogens with zero attached hydrogens (tertiary/aromatic N) is 1. The Morgan fingerprint density at radius 3 is 2.59 bits per heavy atom. The number of aryl methyl sites for hydroxylation is 2. The van der Waals surface area contributed by atoms with Gasteiger partial charge in [-0.3, -0.25) is 14.5 Å². The lowest BCUT2D eigenvalue weighted by Crippen LogP contribution is -2.39. The maximum Gasteiger partial charge on any atom is 0.229 e. The molecule has 2 amide bonds. The van der Waals surface area contributed by atoms with Crippen LogP contribution in [0, 0.1) is 0 Å². The van der Waals surface area contributed by atoms with Gasteiger partial charge in [0.1, 0.15) is 11.3 Å². The second-order valence-corrected chi connectivity index (χ2v) is 6.42. The minimum Gasteiger partial charge on any atom is -0.461 e. The first-order valence-corrected chi connectivity index (χ1v) is 7.97. The Bertz CT molecular complexity index is 756. The molecule has 0 radical (unpaired) electrons. The van der Waals surface area contributed by atoms with E-state index in [-0.39, 0.29) is 17.7 Å². The highest BCUT2D eigenvalue weighted by molar-refractivity contribution is 5.98. The SMILES string of the molecule is CN1C(=O)CC(c2ccc3oc4c(c3c2)CCCC4)CC1=O. The van der Waals surface area contributed by atoms with Crippen molar-refractivity contribution in [1.82, 2.24) is 4.90 Å². The predicted octanol–water partition coefficient (Wildman–Crippen LogP) is 3.17. The van der Waals surface area contributed by atoms with Crippen molar-refractivity contribution in [1.29, 1.82) is 0 Å². The molecule has 1 aliphatic heterocycles.